The van der Waals surface area contributed by atoms with E-state index in [-0.39, 0.29) is 29.0 Å². The summed E-state index contributed by atoms with van der Waals surface area (Å²) in [5.74, 6) is -0.475. The Balaban J connectivity index is 0.000000160. The van der Waals surface area contributed by atoms with Crippen molar-refractivity contribution in [2.45, 2.75) is 39.5 Å². The van der Waals surface area contributed by atoms with Crippen molar-refractivity contribution in [3.63, 3.8) is 0 Å². The van der Waals surface area contributed by atoms with Crippen molar-refractivity contribution in [1.82, 2.24) is 0 Å². The van der Waals surface area contributed by atoms with E-state index in [2.05, 4.69) is 0 Å². The lowest BCUT2D eigenvalue weighted by atomic mass is 10.1. The van der Waals surface area contributed by atoms with Crippen LogP contribution in [0, 0.1) is 5.92 Å². The fourth-order valence-corrected chi connectivity index (χ4v) is 1.65. The molecule has 0 radical (unpaired) electrons. The molecule has 1 atom stereocenters. The fourth-order valence-electron chi connectivity index (χ4n) is 1.65. The number of carbonyl (C=O) groups is 3. The van der Waals surface area contributed by atoms with E-state index in [0.29, 0.717) is 12.8 Å². The summed E-state index contributed by atoms with van der Waals surface area (Å²) in [6.07, 6.45) is 2.47. The number of ketones is 3. The molecule has 0 amide bonds. The standard InChI is InChI=1S/2C6H8O2/c2*1-4-2-3-5(7)6(4)8/h8H,2-3H2,1H3;4H,2-3H2,1H3. The van der Waals surface area contributed by atoms with Gasteiger partial charge in [-0.05, 0) is 25.3 Å². The lowest BCUT2D eigenvalue weighted by Gasteiger charge is -1.89. The van der Waals surface area contributed by atoms with E-state index in [4.69, 9.17) is 5.11 Å². The van der Waals surface area contributed by atoms with E-state index < -0.39 is 0 Å². The van der Waals surface area contributed by atoms with Crippen LogP contribution in [0.4, 0.5) is 0 Å². The first-order valence-electron chi connectivity index (χ1n) is 5.42. The van der Waals surface area contributed by atoms with Gasteiger partial charge in [-0.15, -0.1) is 0 Å². The summed E-state index contributed by atoms with van der Waals surface area (Å²) in [5, 5.41) is 8.80. The Kier molecular flexibility index (Phi) is 3.99. The molecular formula is C12H16O4. The van der Waals surface area contributed by atoms with E-state index in [9.17, 15) is 14.4 Å². The molecule has 0 spiro atoms. The highest BCUT2D eigenvalue weighted by atomic mass is 16.3. The van der Waals surface area contributed by atoms with E-state index in [0.717, 1.165) is 18.4 Å². The molecule has 0 bridgehead atoms. The van der Waals surface area contributed by atoms with Crippen LogP contribution in [0.25, 0.3) is 0 Å². The number of aliphatic hydroxyl groups excluding tert-OH is 1. The van der Waals surface area contributed by atoms with Gasteiger partial charge >= 0.3 is 0 Å². The van der Waals surface area contributed by atoms with Crippen molar-refractivity contribution in [3.8, 4) is 0 Å². The molecule has 0 aromatic carbocycles. The number of aliphatic hydroxyl groups is 1. The van der Waals surface area contributed by atoms with Gasteiger partial charge in [0.1, 0.15) is 0 Å². The molecular weight excluding hydrogens is 208 g/mol. The Bertz CT molecular complexity index is 365. The van der Waals surface area contributed by atoms with Crippen LogP contribution in [0.5, 0.6) is 0 Å². The van der Waals surface area contributed by atoms with E-state index in [1.807, 2.05) is 0 Å². The van der Waals surface area contributed by atoms with Crippen LogP contribution < -0.4 is 0 Å². The van der Waals surface area contributed by atoms with Crippen LogP contribution in [0.15, 0.2) is 11.3 Å². The predicted octanol–water partition coefficient (Wildman–Crippen LogP) is 1.74. The molecule has 2 aliphatic rings. The van der Waals surface area contributed by atoms with Crippen molar-refractivity contribution < 1.29 is 19.5 Å². The van der Waals surface area contributed by atoms with E-state index >= 15 is 0 Å². The van der Waals surface area contributed by atoms with Gasteiger partial charge in [0.05, 0.1) is 0 Å². The molecule has 88 valence electrons. The van der Waals surface area contributed by atoms with Crippen LogP contribution >= 0.6 is 0 Å². The Morgan fingerprint density at radius 3 is 1.81 bits per heavy atom. The van der Waals surface area contributed by atoms with Gasteiger partial charge in [0, 0.05) is 18.8 Å². The van der Waals surface area contributed by atoms with Gasteiger partial charge in [-0.25, -0.2) is 0 Å². The third kappa shape index (κ3) is 2.78. The predicted molar refractivity (Wildman–Crippen MR) is 58.0 cm³/mol. The Morgan fingerprint density at radius 2 is 1.69 bits per heavy atom. The van der Waals surface area contributed by atoms with Crippen LogP contribution in [-0.4, -0.2) is 22.5 Å². The third-order valence-corrected chi connectivity index (χ3v) is 2.92. The lowest BCUT2D eigenvalue weighted by molar-refractivity contribution is -0.135. The topological polar surface area (TPSA) is 71.4 Å². The second kappa shape index (κ2) is 5.05. The first kappa shape index (κ1) is 12.6. The van der Waals surface area contributed by atoms with Crippen molar-refractivity contribution in [2.24, 2.45) is 5.92 Å². The van der Waals surface area contributed by atoms with Gasteiger partial charge in [-0.3, -0.25) is 14.4 Å². The molecule has 0 aliphatic heterocycles. The summed E-state index contributed by atoms with van der Waals surface area (Å²) in [5.41, 5.74) is 0.829. The molecule has 0 aromatic rings. The summed E-state index contributed by atoms with van der Waals surface area (Å²) in [4.78, 5) is 31.5. The average Bonchev–Trinajstić information content (AvgIpc) is 2.70. The SMILES string of the molecule is CC1=C(O)C(=O)CC1.CC1CCC(=O)C1=O. The Hall–Kier alpha value is -1.45. The molecule has 2 rings (SSSR count). The van der Waals surface area contributed by atoms with Gasteiger partial charge in [-0.1, -0.05) is 6.92 Å². The first-order chi connectivity index (χ1) is 7.43. The minimum Gasteiger partial charge on any atom is -0.504 e. The number of carbonyl (C=O) groups excluding carboxylic acids is 3. The maximum atomic E-state index is 10.6. The number of hydrogen-bond acceptors (Lipinski definition) is 4. The molecule has 0 aromatic heterocycles. The zero-order chi connectivity index (χ0) is 12.3. The van der Waals surface area contributed by atoms with Crippen LogP contribution in [-0.2, 0) is 14.4 Å². The molecule has 1 saturated carbocycles. The summed E-state index contributed by atoms with van der Waals surface area (Å²) in [7, 11) is 0. The first-order valence-corrected chi connectivity index (χ1v) is 5.42. The summed E-state index contributed by atoms with van der Waals surface area (Å²) in [6.45, 7) is 3.58. The average molecular weight is 224 g/mol. The van der Waals surface area contributed by atoms with Crippen LogP contribution in [0.1, 0.15) is 39.5 Å². The zero-order valence-electron chi connectivity index (χ0n) is 9.58. The van der Waals surface area contributed by atoms with Crippen molar-refractivity contribution in [2.75, 3.05) is 0 Å². The number of Topliss-reactive ketones (excluding diaryl/α,β-unsaturated/α-hetero) is 3. The van der Waals surface area contributed by atoms with Gasteiger partial charge in [0.25, 0.3) is 0 Å². The van der Waals surface area contributed by atoms with Crippen molar-refractivity contribution in [1.29, 1.82) is 0 Å². The van der Waals surface area contributed by atoms with E-state index in [1.165, 1.54) is 0 Å². The summed E-state index contributed by atoms with van der Waals surface area (Å²) in [6, 6.07) is 0. The van der Waals surface area contributed by atoms with Gasteiger partial charge < -0.3 is 5.11 Å². The molecule has 1 fully saturated rings. The monoisotopic (exact) mass is 224 g/mol. The molecule has 1 unspecified atom stereocenters. The summed E-state index contributed by atoms with van der Waals surface area (Å²) < 4.78 is 0. The minimum atomic E-state index is -0.183. The highest BCUT2D eigenvalue weighted by Crippen LogP contribution is 2.19. The zero-order valence-corrected chi connectivity index (χ0v) is 9.58. The maximum Gasteiger partial charge on any atom is 0.201 e. The van der Waals surface area contributed by atoms with Gasteiger partial charge in [0.15, 0.2) is 17.3 Å². The van der Waals surface area contributed by atoms with E-state index in [1.54, 1.807) is 13.8 Å². The number of allylic oxidation sites excluding steroid dienone is 2. The van der Waals surface area contributed by atoms with Crippen molar-refractivity contribution in [3.05, 3.63) is 11.3 Å². The Morgan fingerprint density at radius 1 is 1.06 bits per heavy atom. The van der Waals surface area contributed by atoms with Gasteiger partial charge in [-0.2, -0.15) is 0 Å². The summed E-state index contributed by atoms with van der Waals surface area (Å²) >= 11 is 0. The second-order valence-corrected chi connectivity index (χ2v) is 4.28. The van der Waals surface area contributed by atoms with Crippen LogP contribution in [0.2, 0.25) is 0 Å². The second-order valence-electron chi connectivity index (χ2n) is 4.28. The van der Waals surface area contributed by atoms with Crippen molar-refractivity contribution >= 4 is 17.3 Å². The maximum absolute atomic E-state index is 10.6. The molecule has 16 heavy (non-hydrogen) atoms. The Labute approximate surface area is 94.3 Å². The van der Waals surface area contributed by atoms with Gasteiger partial charge in [0.2, 0.25) is 5.78 Å². The molecule has 2 aliphatic carbocycles. The fraction of sp³-hybridized carbons (Fsp3) is 0.583. The molecule has 4 nitrogen and oxygen atoms in total. The highest BCUT2D eigenvalue weighted by Gasteiger charge is 2.27. The highest BCUT2D eigenvalue weighted by molar-refractivity contribution is 6.39. The molecule has 4 heteroatoms. The minimum absolute atomic E-state index is 0.00231. The molecule has 0 heterocycles. The normalized spacial score (nSPS) is 24.9. The lowest BCUT2D eigenvalue weighted by Crippen LogP contribution is -2.09. The smallest absolute Gasteiger partial charge is 0.201 e. The number of hydrogen-bond donors (Lipinski definition) is 1. The number of rotatable bonds is 0. The third-order valence-electron chi connectivity index (χ3n) is 2.92. The largest absolute Gasteiger partial charge is 0.504 e. The molecule has 0 saturated heterocycles. The molecule has 1 N–H and O–H groups in total. The van der Waals surface area contributed by atoms with Crippen LogP contribution in [0.3, 0.4) is 0 Å². The quantitative estimate of drug-likeness (QED) is 0.636.